The molecule has 8 heteroatoms. The molecule has 4 rings (SSSR count). The van der Waals surface area contributed by atoms with Gasteiger partial charge in [0.05, 0.1) is 24.3 Å². The molecule has 1 fully saturated rings. The molecule has 1 aliphatic heterocycles. The maximum Gasteiger partial charge on any atom is 0.270 e. The molecule has 7 nitrogen and oxygen atoms in total. The fourth-order valence-corrected chi connectivity index (χ4v) is 3.72. The lowest BCUT2D eigenvalue weighted by Gasteiger charge is -2.28. The van der Waals surface area contributed by atoms with Gasteiger partial charge in [-0.05, 0) is 35.9 Å². The number of nitrogens with zero attached hydrogens (tertiary/aromatic N) is 3. The van der Waals surface area contributed by atoms with Crippen LogP contribution in [0.4, 0.5) is 0 Å². The van der Waals surface area contributed by atoms with Crippen LogP contribution in [0.15, 0.2) is 47.9 Å². The Balaban J connectivity index is 1.63. The number of aliphatic hydroxyl groups is 1. The van der Waals surface area contributed by atoms with Gasteiger partial charge in [0.2, 0.25) is 0 Å². The lowest BCUT2D eigenvalue weighted by atomic mass is 10.0. The number of amides is 1. The van der Waals surface area contributed by atoms with E-state index in [4.69, 9.17) is 4.74 Å². The van der Waals surface area contributed by atoms with E-state index < -0.39 is 6.10 Å². The van der Waals surface area contributed by atoms with Gasteiger partial charge in [-0.25, -0.2) is 15.0 Å². The molecule has 0 bridgehead atoms. The second-order valence-corrected chi connectivity index (χ2v) is 7.72. The zero-order valence-electron chi connectivity index (χ0n) is 16.0. The number of thioether (sulfide) groups is 1. The van der Waals surface area contributed by atoms with Gasteiger partial charge in [0, 0.05) is 30.8 Å². The van der Waals surface area contributed by atoms with Crippen LogP contribution in [0.1, 0.15) is 28.0 Å². The minimum atomic E-state index is -0.709. The topological polar surface area (TPSA) is 97.2 Å². The fourth-order valence-electron chi connectivity index (χ4n) is 3.40. The molecule has 0 radical (unpaired) electrons. The number of carbonyl (C=O) groups excluding carboxylic acids is 1. The number of para-hydroxylation sites is 1. The van der Waals surface area contributed by atoms with Gasteiger partial charge in [-0.15, -0.1) is 0 Å². The molecular formula is C21H22N4O3S. The summed E-state index contributed by atoms with van der Waals surface area (Å²) in [7, 11) is 0. The van der Waals surface area contributed by atoms with E-state index in [1.807, 2.05) is 49.0 Å². The van der Waals surface area contributed by atoms with Crippen molar-refractivity contribution in [2.45, 2.75) is 30.1 Å². The lowest BCUT2D eigenvalue weighted by Crippen LogP contribution is -2.48. The van der Waals surface area contributed by atoms with Gasteiger partial charge >= 0.3 is 0 Å². The maximum absolute atomic E-state index is 12.8. The largest absolute Gasteiger partial charge is 0.389 e. The minimum absolute atomic E-state index is 0.230. The van der Waals surface area contributed by atoms with Gasteiger partial charge in [-0.3, -0.25) is 4.79 Å². The summed E-state index contributed by atoms with van der Waals surface area (Å²) in [6.45, 7) is 0.748. The van der Waals surface area contributed by atoms with E-state index >= 15 is 0 Å². The molecule has 1 saturated heterocycles. The standard InChI is InChI=1S/C21H22N4O3S/c1-29-21-22-10-13(11-23-21)8-14-9-18(24-16-5-3-2-4-15(14)16)20(27)25-17-6-7-28-12-19(17)26/h2-5,9-11,17,19,26H,6-8,12H2,1H3,(H,25,27)/t17-,19-/m0/s1. The van der Waals surface area contributed by atoms with Crippen LogP contribution < -0.4 is 5.32 Å². The zero-order chi connectivity index (χ0) is 20.2. The lowest BCUT2D eigenvalue weighted by molar-refractivity contribution is -0.0261. The molecule has 29 heavy (non-hydrogen) atoms. The summed E-state index contributed by atoms with van der Waals surface area (Å²) in [4.78, 5) is 26.0. The maximum atomic E-state index is 12.8. The van der Waals surface area contributed by atoms with E-state index in [1.54, 1.807) is 0 Å². The highest BCUT2D eigenvalue weighted by Gasteiger charge is 2.26. The first-order valence-corrected chi connectivity index (χ1v) is 10.7. The number of rotatable bonds is 5. The van der Waals surface area contributed by atoms with Gasteiger partial charge in [0.15, 0.2) is 5.16 Å². The van der Waals surface area contributed by atoms with Crippen molar-refractivity contribution in [3.05, 3.63) is 59.5 Å². The number of nitrogens with one attached hydrogen (secondary N) is 1. The summed E-state index contributed by atoms with van der Waals surface area (Å²) in [6, 6.07) is 9.23. The third kappa shape index (κ3) is 4.55. The Morgan fingerprint density at radius 1 is 1.31 bits per heavy atom. The Hall–Kier alpha value is -2.55. The summed E-state index contributed by atoms with van der Waals surface area (Å²) < 4.78 is 5.23. The van der Waals surface area contributed by atoms with Crippen molar-refractivity contribution in [2.24, 2.45) is 0 Å². The van der Waals surface area contributed by atoms with Crippen LogP contribution in [0.5, 0.6) is 0 Å². The van der Waals surface area contributed by atoms with Crippen molar-refractivity contribution in [1.29, 1.82) is 0 Å². The van der Waals surface area contributed by atoms with Gasteiger partial charge in [-0.2, -0.15) is 0 Å². The molecule has 0 saturated carbocycles. The predicted molar refractivity (Wildman–Crippen MR) is 111 cm³/mol. The number of pyridine rings is 1. The summed E-state index contributed by atoms with van der Waals surface area (Å²) >= 11 is 1.49. The van der Waals surface area contributed by atoms with Gasteiger partial charge in [0.25, 0.3) is 5.91 Å². The van der Waals surface area contributed by atoms with Gasteiger partial charge < -0.3 is 15.2 Å². The van der Waals surface area contributed by atoms with E-state index in [0.717, 1.165) is 27.2 Å². The Morgan fingerprint density at radius 3 is 2.86 bits per heavy atom. The van der Waals surface area contributed by atoms with Crippen LogP contribution in [0.25, 0.3) is 10.9 Å². The first-order chi connectivity index (χ1) is 14.1. The van der Waals surface area contributed by atoms with Gasteiger partial charge in [0.1, 0.15) is 5.69 Å². The summed E-state index contributed by atoms with van der Waals surface area (Å²) in [6.07, 6.45) is 6.02. The second-order valence-electron chi connectivity index (χ2n) is 6.95. The Morgan fingerprint density at radius 2 is 2.10 bits per heavy atom. The van der Waals surface area contributed by atoms with Crippen molar-refractivity contribution in [2.75, 3.05) is 19.5 Å². The molecule has 3 heterocycles. The van der Waals surface area contributed by atoms with E-state index in [9.17, 15) is 9.90 Å². The molecule has 150 valence electrons. The van der Waals surface area contributed by atoms with Gasteiger partial charge in [-0.1, -0.05) is 30.0 Å². The first kappa shape index (κ1) is 19.8. The van der Waals surface area contributed by atoms with Crippen LogP contribution in [-0.4, -0.2) is 57.6 Å². The van der Waals surface area contributed by atoms with E-state index in [1.165, 1.54) is 11.8 Å². The van der Waals surface area contributed by atoms with Crippen LogP contribution in [0.2, 0.25) is 0 Å². The molecule has 1 amide bonds. The number of aromatic nitrogens is 3. The molecule has 0 spiro atoms. The first-order valence-electron chi connectivity index (χ1n) is 9.44. The molecular weight excluding hydrogens is 388 g/mol. The number of hydrogen-bond donors (Lipinski definition) is 2. The summed E-state index contributed by atoms with van der Waals surface area (Å²) in [5.74, 6) is -0.295. The monoisotopic (exact) mass is 410 g/mol. The quantitative estimate of drug-likeness (QED) is 0.492. The molecule has 1 aliphatic rings. The number of benzene rings is 1. The van der Waals surface area contributed by atoms with Crippen LogP contribution in [0.3, 0.4) is 0 Å². The zero-order valence-corrected chi connectivity index (χ0v) is 16.9. The molecule has 2 aromatic heterocycles. The molecule has 2 atom stereocenters. The average molecular weight is 410 g/mol. The highest BCUT2D eigenvalue weighted by molar-refractivity contribution is 7.98. The normalized spacial score (nSPS) is 19.2. The third-order valence-corrected chi connectivity index (χ3v) is 5.51. The Bertz CT molecular complexity index is 1010. The van der Waals surface area contributed by atoms with Crippen molar-refractivity contribution >= 4 is 28.6 Å². The second kappa shape index (κ2) is 8.86. The van der Waals surface area contributed by atoms with Crippen LogP contribution in [-0.2, 0) is 11.2 Å². The molecule has 0 aliphatic carbocycles. The SMILES string of the molecule is CSc1ncc(Cc2cc(C(=O)N[C@H]3CCOC[C@@H]3O)nc3ccccc23)cn1. The van der Waals surface area contributed by atoms with Crippen molar-refractivity contribution < 1.29 is 14.6 Å². The Labute approximate surface area is 172 Å². The van der Waals surface area contributed by atoms with Crippen molar-refractivity contribution in [3.8, 4) is 0 Å². The summed E-state index contributed by atoms with van der Waals surface area (Å²) in [5.41, 5.74) is 3.03. The van der Waals surface area contributed by atoms with Crippen molar-refractivity contribution in [3.63, 3.8) is 0 Å². The number of hydrogen-bond acceptors (Lipinski definition) is 7. The average Bonchev–Trinajstić information content (AvgIpc) is 2.76. The molecule has 3 aromatic rings. The van der Waals surface area contributed by atoms with E-state index in [2.05, 4.69) is 20.3 Å². The van der Waals surface area contributed by atoms with E-state index in [0.29, 0.717) is 25.1 Å². The number of carbonyl (C=O) groups is 1. The minimum Gasteiger partial charge on any atom is -0.389 e. The van der Waals surface area contributed by atoms with Crippen LogP contribution >= 0.6 is 11.8 Å². The fraction of sp³-hybridized carbons (Fsp3) is 0.333. The van der Waals surface area contributed by atoms with Crippen molar-refractivity contribution in [1.82, 2.24) is 20.3 Å². The number of aliphatic hydroxyl groups excluding tert-OH is 1. The third-order valence-electron chi connectivity index (χ3n) is 4.94. The highest BCUT2D eigenvalue weighted by atomic mass is 32.2. The highest BCUT2D eigenvalue weighted by Crippen LogP contribution is 2.22. The smallest absolute Gasteiger partial charge is 0.270 e. The predicted octanol–water partition coefficient (Wildman–Crippen LogP) is 2.22. The molecule has 1 aromatic carbocycles. The van der Waals surface area contributed by atoms with E-state index in [-0.39, 0.29) is 18.6 Å². The summed E-state index contributed by atoms with van der Waals surface area (Å²) in [5, 5.41) is 14.7. The Kier molecular flexibility index (Phi) is 6.03. The van der Waals surface area contributed by atoms with Crippen LogP contribution in [0, 0.1) is 0 Å². The molecule has 2 N–H and O–H groups in total. The number of fused-ring (bicyclic) bond motifs is 1. The molecule has 0 unspecified atom stereocenters. The number of ether oxygens (including phenoxy) is 1.